The first kappa shape index (κ1) is 23.6. The Morgan fingerprint density at radius 1 is 0.941 bits per heavy atom. The molecule has 1 aromatic heterocycles. The molecule has 6 heteroatoms. The van der Waals surface area contributed by atoms with Gasteiger partial charge in [-0.25, -0.2) is 8.42 Å². The molecule has 0 aliphatic rings. The maximum absolute atomic E-state index is 12.7. The number of nitrogens with zero attached hydrogens (tertiary/aromatic N) is 1. The monoisotopic (exact) mass is 473 g/mol. The fourth-order valence-electron chi connectivity index (χ4n) is 4.17. The van der Waals surface area contributed by atoms with Crippen LogP contribution < -0.4 is 0 Å². The minimum atomic E-state index is -3.44. The second-order valence-electron chi connectivity index (χ2n) is 9.08. The quantitative estimate of drug-likeness (QED) is 0.369. The molecule has 1 heterocycles. The molecule has 0 saturated heterocycles. The number of pyridine rings is 1. The Morgan fingerprint density at radius 2 is 1.65 bits per heavy atom. The van der Waals surface area contributed by atoms with Gasteiger partial charge in [0.05, 0.1) is 16.2 Å². The standard InChI is InChI=1S/C28H27NO4S/c1-18(27(30)31)22-13-8-14-23(19-10-6-5-7-11-19)25(22)24-17-21(28(2,3)34(4,32)33)16-20-12-9-15-29-26(20)24/h5-18H,1-4H3,(H,30,31). The van der Waals surface area contributed by atoms with Crippen molar-refractivity contribution in [1.29, 1.82) is 0 Å². The summed E-state index contributed by atoms with van der Waals surface area (Å²) in [6, 6.07) is 22.8. The lowest BCUT2D eigenvalue weighted by Gasteiger charge is -2.26. The second kappa shape index (κ2) is 8.69. The van der Waals surface area contributed by atoms with E-state index in [4.69, 9.17) is 0 Å². The predicted molar refractivity (Wildman–Crippen MR) is 137 cm³/mol. The summed E-state index contributed by atoms with van der Waals surface area (Å²) >= 11 is 0. The minimum Gasteiger partial charge on any atom is -0.481 e. The Morgan fingerprint density at radius 3 is 2.29 bits per heavy atom. The molecule has 34 heavy (non-hydrogen) atoms. The van der Waals surface area contributed by atoms with E-state index in [9.17, 15) is 18.3 Å². The van der Waals surface area contributed by atoms with Gasteiger partial charge in [-0.15, -0.1) is 0 Å². The number of carboxylic acid groups (broad SMARTS) is 1. The first-order valence-corrected chi connectivity index (χ1v) is 12.9. The van der Waals surface area contributed by atoms with Crippen LogP contribution >= 0.6 is 0 Å². The van der Waals surface area contributed by atoms with E-state index in [1.807, 2.05) is 72.8 Å². The first-order chi connectivity index (χ1) is 16.0. The van der Waals surface area contributed by atoms with Crippen molar-refractivity contribution in [2.75, 3.05) is 6.26 Å². The van der Waals surface area contributed by atoms with E-state index in [-0.39, 0.29) is 0 Å². The highest BCUT2D eigenvalue weighted by Gasteiger charge is 2.34. The molecule has 0 saturated carbocycles. The molecule has 1 unspecified atom stereocenters. The van der Waals surface area contributed by atoms with Crippen molar-refractivity contribution >= 4 is 26.7 Å². The zero-order valence-corrected chi connectivity index (χ0v) is 20.4. The van der Waals surface area contributed by atoms with Gasteiger partial charge in [-0.3, -0.25) is 9.78 Å². The third kappa shape index (κ3) is 4.10. The minimum absolute atomic E-state index is 0.627. The van der Waals surface area contributed by atoms with Gasteiger partial charge in [0, 0.05) is 23.4 Å². The zero-order chi connectivity index (χ0) is 24.7. The average Bonchev–Trinajstić information content (AvgIpc) is 2.82. The normalized spacial score (nSPS) is 13.1. The Balaban J connectivity index is 2.17. The molecule has 0 radical (unpaired) electrons. The van der Waals surface area contributed by atoms with Crippen molar-refractivity contribution in [1.82, 2.24) is 4.98 Å². The van der Waals surface area contributed by atoms with E-state index in [1.54, 1.807) is 27.0 Å². The Kier molecular flexibility index (Phi) is 6.04. The predicted octanol–water partition coefficient (Wildman–Crippen LogP) is 6.04. The smallest absolute Gasteiger partial charge is 0.310 e. The molecular formula is C28H27NO4S. The van der Waals surface area contributed by atoms with E-state index in [0.29, 0.717) is 22.2 Å². The topological polar surface area (TPSA) is 84.3 Å². The molecule has 1 atom stereocenters. The lowest BCUT2D eigenvalue weighted by Crippen LogP contribution is -2.28. The van der Waals surface area contributed by atoms with Crippen LogP contribution in [0.4, 0.5) is 0 Å². The third-order valence-corrected chi connectivity index (χ3v) is 8.70. The number of aliphatic carboxylic acids is 1. The van der Waals surface area contributed by atoms with Crippen LogP contribution in [0.5, 0.6) is 0 Å². The van der Waals surface area contributed by atoms with E-state index in [0.717, 1.165) is 22.1 Å². The molecule has 0 bridgehead atoms. The van der Waals surface area contributed by atoms with E-state index in [1.165, 1.54) is 6.26 Å². The van der Waals surface area contributed by atoms with Crippen LogP contribution in [-0.2, 0) is 19.4 Å². The zero-order valence-electron chi connectivity index (χ0n) is 19.6. The van der Waals surface area contributed by atoms with Crippen molar-refractivity contribution in [2.45, 2.75) is 31.4 Å². The van der Waals surface area contributed by atoms with Crippen molar-refractivity contribution in [2.24, 2.45) is 0 Å². The molecule has 4 rings (SSSR count). The number of sulfone groups is 1. The number of carbonyl (C=O) groups is 1. The maximum Gasteiger partial charge on any atom is 0.310 e. The lowest BCUT2D eigenvalue weighted by atomic mass is 9.83. The van der Waals surface area contributed by atoms with E-state index >= 15 is 0 Å². The van der Waals surface area contributed by atoms with Gasteiger partial charge in [0.25, 0.3) is 0 Å². The number of carboxylic acids is 1. The van der Waals surface area contributed by atoms with Crippen LogP contribution in [0.1, 0.15) is 37.8 Å². The summed E-state index contributed by atoms with van der Waals surface area (Å²) in [6.45, 7) is 5.04. The average molecular weight is 474 g/mol. The number of benzene rings is 3. The molecule has 0 aliphatic heterocycles. The maximum atomic E-state index is 12.7. The van der Waals surface area contributed by atoms with Crippen molar-refractivity contribution in [3.05, 3.63) is 90.1 Å². The van der Waals surface area contributed by atoms with Gasteiger partial charge in [0.2, 0.25) is 0 Å². The molecule has 4 aromatic rings. The van der Waals surface area contributed by atoms with Crippen LogP contribution in [0.3, 0.4) is 0 Å². The second-order valence-corrected chi connectivity index (χ2v) is 11.6. The van der Waals surface area contributed by atoms with Crippen molar-refractivity contribution in [3.8, 4) is 22.3 Å². The number of hydrogen-bond acceptors (Lipinski definition) is 4. The highest BCUT2D eigenvalue weighted by atomic mass is 32.2. The van der Waals surface area contributed by atoms with E-state index < -0.39 is 26.5 Å². The molecule has 0 amide bonds. The van der Waals surface area contributed by atoms with Crippen LogP contribution in [0.15, 0.2) is 79.0 Å². The number of aromatic nitrogens is 1. The summed E-state index contributed by atoms with van der Waals surface area (Å²) < 4.78 is 24.2. The molecule has 0 spiro atoms. The molecule has 3 aromatic carbocycles. The third-order valence-electron chi connectivity index (χ3n) is 6.61. The Hall–Kier alpha value is -3.51. The SMILES string of the molecule is CC(C(=O)O)c1cccc(-c2ccccc2)c1-c1cc(C(C)(C)S(C)(=O)=O)cc2cccnc12. The van der Waals surface area contributed by atoms with Gasteiger partial charge < -0.3 is 5.11 Å². The fraction of sp³-hybridized carbons (Fsp3) is 0.214. The summed E-state index contributed by atoms with van der Waals surface area (Å²) in [7, 11) is -3.44. The largest absolute Gasteiger partial charge is 0.481 e. The van der Waals surface area contributed by atoms with Gasteiger partial charge in [-0.2, -0.15) is 0 Å². The molecule has 0 fully saturated rings. The summed E-state index contributed by atoms with van der Waals surface area (Å²) in [5.74, 6) is -1.71. The van der Waals surface area contributed by atoms with Gasteiger partial charge in [0.15, 0.2) is 9.84 Å². The van der Waals surface area contributed by atoms with Crippen LogP contribution in [0, 0.1) is 0 Å². The number of fused-ring (bicyclic) bond motifs is 1. The number of rotatable bonds is 6. The van der Waals surface area contributed by atoms with Gasteiger partial charge in [-0.1, -0.05) is 54.6 Å². The Labute approximate surface area is 200 Å². The van der Waals surface area contributed by atoms with Crippen LogP contribution in [0.25, 0.3) is 33.2 Å². The summed E-state index contributed by atoms with van der Waals surface area (Å²) in [4.78, 5) is 16.7. The summed E-state index contributed by atoms with van der Waals surface area (Å²) in [5, 5.41) is 10.7. The van der Waals surface area contributed by atoms with Gasteiger partial charge in [-0.05, 0) is 66.8 Å². The lowest BCUT2D eigenvalue weighted by molar-refractivity contribution is -0.138. The van der Waals surface area contributed by atoms with Crippen LogP contribution in [-0.4, -0.2) is 30.7 Å². The number of hydrogen-bond donors (Lipinski definition) is 1. The summed E-state index contributed by atoms with van der Waals surface area (Å²) in [5.41, 5.74) is 5.24. The fourth-order valence-corrected chi connectivity index (χ4v) is 4.71. The van der Waals surface area contributed by atoms with Crippen molar-refractivity contribution < 1.29 is 18.3 Å². The van der Waals surface area contributed by atoms with Crippen LogP contribution in [0.2, 0.25) is 0 Å². The Bertz CT molecular complexity index is 1490. The van der Waals surface area contributed by atoms with Gasteiger partial charge in [0.1, 0.15) is 0 Å². The van der Waals surface area contributed by atoms with Crippen molar-refractivity contribution in [3.63, 3.8) is 0 Å². The molecule has 5 nitrogen and oxygen atoms in total. The molecule has 1 N–H and O–H groups in total. The molecular weight excluding hydrogens is 446 g/mol. The first-order valence-electron chi connectivity index (χ1n) is 11.0. The highest BCUT2D eigenvalue weighted by Crippen LogP contribution is 2.43. The van der Waals surface area contributed by atoms with E-state index in [2.05, 4.69) is 4.98 Å². The molecule has 174 valence electrons. The molecule has 0 aliphatic carbocycles. The highest BCUT2D eigenvalue weighted by molar-refractivity contribution is 7.91. The summed E-state index contributed by atoms with van der Waals surface area (Å²) in [6.07, 6.45) is 2.93. The van der Waals surface area contributed by atoms with Gasteiger partial charge >= 0.3 is 5.97 Å².